The van der Waals surface area contributed by atoms with Crippen molar-refractivity contribution in [3.05, 3.63) is 42.1 Å². The normalized spacial score (nSPS) is 11.2. The number of para-hydroxylation sites is 1. The average molecular weight is 236 g/mol. The van der Waals surface area contributed by atoms with E-state index in [1.807, 2.05) is 12.1 Å². The van der Waals surface area contributed by atoms with Gasteiger partial charge in [0, 0.05) is 9.95 Å². The molecule has 2 aromatic rings. The van der Waals surface area contributed by atoms with Gasteiger partial charge in [-0.05, 0) is 12.1 Å². The number of hydrogen-bond donors (Lipinski definition) is 1. The van der Waals surface area contributed by atoms with Gasteiger partial charge in [0.15, 0.2) is 5.69 Å². The van der Waals surface area contributed by atoms with Gasteiger partial charge in [-0.25, -0.2) is 9.78 Å². The predicted molar refractivity (Wildman–Crippen MR) is 57.0 cm³/mol. The molecule has 16 heavy (non-hydrogen) atoms. The molecule has 1 unspecified atom stereocenters. The Bertz CT molecular complexity index is 570. The van der Waals surface area contributed by atoms with Crippen molar-refractivity contribution in [2.24, 2.45) is 0 Å². The zero-order valence-corrected chi connectivity index (χ0v) is 8.92. The number of pyridine rings is 1. The number of carbonyl (C=O) groups excluding carboxylic acids is 1. The summed E-state index contributed by atoms with van der Waals surface area (Å²) in [6.45, 7) is 0. The number of nitrogens with zero attached hydrogens (tertiary/aromatic N) is 1. The third kappa shape index (κ3) is 2.21. The molecule has 1 heterocycles. The van der Waals surface area contributed by atoms with E-state index in [-0.39, 0.29) is 5.69 Å². The molecule has 0 radical (unpaired) electrons. The standard InChI is InChI=1S/C10H6NO4P/c12-10(15-16(13)14)9-6-5-7-3-1-2-4-8(7)11-9/h1-6H/p+1. The van der Waals surface area contributed by atoms with Gasteiger partial charge < -0.3 is 0 Å². The van der Waals surface area contributed by atoms with Gasteiger partial charge in [-0.3, -0.25) is 0 Å². The van der Waals surface area contributed by atoms with Crippen molar-refractivity contribution in [2.45, 2.75) is 0 Å². The fraction of sp³-hybridized carbons (Fsp3) is 0. The summed E-state index contributed by atoms with van der Waals surface area (Å²) in [5, 5.41) is 0.882. The lowest BCUT2D eigenvalue weighted by Crippen LogP contribution is -2.02. The molecular formula is C10H7NO4P+. The second-order valence-electron chi connectivity index (χ2n) is 3.01. The van der Waals surface area contributed by atoms with Crippen LogP contribution in [0.2, 0.25) is 0 Å². The smallest absolute Gasteiger partial charge is 0.241 e. The molecule has 0 aliphatic rings. The maximum atomic E-state index is 11.3. The highest BCUT2D eigenvalue weighted by Crippen LogP contribution is 2.18. The first-order chi connectivity index (χ1) is 7.66. The molecule has 1 aromatic carbocycles. The first-order valence-electron chi connectivity index (χ1n) is 4.41. The summed E-state index contributed by atoms with van der Waals surface area (Å²) in [7, 11) is -2.95. The van der Waals surface area contributed by atoms with Crippen LogP contribution in [0.4, 0.5) is 0 Å². The number of hydrogen-bond acceptors (Lipinski definition) is 4. The number of carbonyl (C=O) groups is 1. The Morgan fingerprint density at radius 1 is 1.25 bits per heavy atom. The van der Waals surface area contributed by atoms with E-state index in [9.17, 15) is 9.36 Å². The second-order valence-corrected chi connectivity index (χ2v) is 3.66. The molecule has 1 aromatic heterocycles. The first-order valence-corrected chi connectivity index (χ1v) is 5.54. The van der Waals surface area contributed by atoms with E-state index < -0.39 is 14.2 Å². The van der Waals surface area contributed by atoms with Crippen molar-refractivity contribution < 1.29 is 18.8 Å². The molecular weight excluding hydrogens is 229 g/mol. The molecule has 80 valence electrons. The van der Waals surface area contributed by atoms with Gasteiger partial charge in [0.2, 0.25) is 0 Å². The molecule has 0 amide bonds. The Balaban J connectivity index is 2.39. The van der Waals surface area contributed by atoms with Gasteiger partial charge in [0.05, 0.1) is 5.52 Å². The fourth-order valence-corrected chi connectivity index (χ4v) is 1.53. The summed E-state index contributed by atoms with van der Waals surface area (Å²) < 4.78 is 14.5. The van der Waals surface area contributed by atoms with Crippen LogP contribution in [0, 0.1) is 0 Å². The van der Waals surface area contributed by atoms with Crippen molar-refractivity contribution in [2.75, 3.05) is 0 Å². The van der Waals surface area contributed by atoms with Crippen LogP contribution in [0.1, 0.15) is 10.5 Å². The third-order valence-corrected chi connectivity index (χ3v) is 2.29. The van der Waals surface area contributed by atoms with Crippen molar-refractivity contribution in [3.63, 3.8) is 0 Å². The van der Waals surface area contributed by atoms with Crippen LogP contribution in [-0.2, 0) is 9.09 Å². The highest BCUT2D eigenvalue weighted by Gasteiger charge is 2.23. The molecule has 5 nitrogen and oxygen atoms in total. The van der Waals surface area contributed by atoms with Gasteiger partial charge >= 0.3 is 14.2 Å². The first kappa shape index (κ1) is 10.7. The Labute approximate surface area is 91.6 Å². The molecule has 0 saturated heterocycles. The molecule has 0 saturated carbocycles. The molecule has 1 atom stereocenters. The van der Waals surface area contributed by atoms with Crippen molar-refractivity contribution >= 4 is 25.1 Å². The number of rotatable bonds is 2. The average Bonchev–Trinajstić information content (AvgIpc) is 2.27. The minimum atomic E-state index is -2.95. The number of aromatic nitrogens is 1. The molecule has 0 aliphatic heterocycles. The lowest BCUT2D eigenvalue weighted by atomic mass is 10.2. The van der Waals surface area contributed by atoms with E-state index in [1.54, 1.807) is 18.2 Å². The van der Waals surface area contributed by atoms with Crippen LogP contribution in [-0.4, -0.2) is 15.8 Å². The highest BCUT2D eigenvalue weighted by atomic mass is 31.1. The molecule has 0 spiro atoms. The summed E-state index contributed by atoms with van der Waals surface area (Å²) in [6.07, 6.45) is 0. The van der Waals surface area contributed by atoms with Crippen LogP contribution < -0.4 is 0 Å². The Kier molecular flexibility index (Phi) is 2.90. The molecule has 6 heteroatoms. The van der Waals surface area contributed by atoms with Gasteiger partial charge in [-0.1, -0.05) is 24.3 Å². The SMILES string of the molecule is O=C(O[P+](=O)O)c1ccc2ccccc2n1. The van der Waals surface area contributed by atoms with Gasteiger partial charge in [0.25, 0.3) is 0 Å². The van der Waals surface area contributed by atoms with Crippen molar-refractivity contribution in [1.82, 2.24) is 4.98 Å². The van der Waals surface area contributed by atoms with Crippen molar-refractivity contribution in [3.8, 4) is 0 Å². The molecule has 1 N–H and O–H groups in total. The Morgan fingerprint density at radius 3 is 2.75 bits per heavy atom. The quantitative estimate of drug-likeness (QED) is 0.807. The van der Waals surface area contributed by atoms with Crippen LogP contribution >= 0.6 is 8.25 Å². The topological polar surface area (TPSA) is 76.5 Å². The van der Waals surface area contributed by atoms with Crippen LogP contribution in [0.3, 0.4) is 0 Å². The molecule has 0 fully saturated rings. The summed E-state index contributed by atoms with van der Waals surface area (Å²) in [6, 6.07) is 10.4. The lowest BCUT2D eigenvalue weighted by Gasteiger charge is -1.97. The monoisotopic (exact) mass is 236 g/mol. The molecule has 2 rings (SSSR count). The summed E-state index contributed by atoms with van der Waals surface area (Å²) in [5.41, 5.74) is 0.640. The third-order valence-electron chi connectivity index (χ3n) is 1.97. The summed E-state index contributed by atoms with van der Waals surface area (Å²) >= 11 is 0. The second kappa shape index (κ2) is 4.35. The van der Waals surface area contributed by atoms with E-state index in [4.69, 9.17) is 4.89 Å². The van der Waals surface area contributed by atoms with Gasteiger partial charge in [-0.15, -0.1) is 4.89 Å². The molecule has 0 aliphatic carbocycles. The highest BCUT2D eigenvalue weighted by molar-refractivity contribution is 7.32. The van der Waals surface area contributed by atoms with Crippen molar-refractivity contribution in [1.29, 1.82) is 0 Å². The zero-order chi connectivity index (χ0) is 11.5. The Morgan fingerprint density at radius 2 is 2.00 bits per heavy atom. The minimum absolute atomic E-state index is 0.0103. The largest absolute Gasteiger partial charge is 0.750 e. The van der Waals surface area contributed by atoms with E-state index in [2.05, 4.69) is 9.51 Å². The number of fused-ring (bicyclic) bond motifs is 1. The predicted octanol–water partition coefficient (Wildman–Crippen LogP) is 2.04. The fourth-order valence-electron chi connectivity index (χ4n) is 1.30. The summed E-state index contributed by atoms with van der Waals surface area (Å²) in [4.78, 5) is 23.7. The Hall–Kier alpha value is -1.84. The molecule has 0 bridgehead atoms. The maximum absolute atomic E-state index is 11.3. The summed E-state index contributed by atoms with van der Waals surface area (Å²) in [5.74, 6) is -0.908. The van der Waals surface area contributed by atoms with Gasteiger partial charge in [0.1, 0.15) is 0 Å². The van der Waals surface area contributed by atoms with E-state index in [1.165, 1.54) is 6.07 Å². The minimum Gasteiger partial charge on any atom is -0.241 e. The lowest BCUT2D eigenvalue weighted by molar-refractivity contribution is 0.0725. The zero-order valence-electron chi connectivity index (χ0n) is 8.03. The van der Waals surface area contributed by atoms with Crippen LogP contribution in [0.5, 0.6) is 0 Å². The maximum Gasteiger partial charge on any atom is 0.750 e. The van der Waals surface area contributed by atoms with E-state index >= 15 is 0 Å². The van der Waals surface area contributed by atoms with E-state index in [0.717, 1.165) is 5.39 Å². The van der Waals surface area contributed by atoms with Crippen LogP contribution in [0.25, 0.3) is 10.9 Å². The van der Waals surface area contributed by atoms with Crippen LogP contribution in [0.15, 0.2) is 36.4 Å². The van der Waals surface area contributed by atoms with E-state index in [0.29, 0.717) is 5.52 Å². The number of benzene rings is 1. The van der Waals surface area contributed by atoms with Gasteiger partial charge in [-0.2, -0.15) is 4.52 Å².